The van der Waals surface area contributed by atoms with E-state index in [1.54, 1.807) is 11.7 Å². The Morgan fingerprint density at radius 3 is 2.85 bits per heavy atom. The number of carboxylic acid groups (broad SMARTS) is 1. The van der Waals surface area contributed by atoms with Crippen LogP contribution >= 0.6 is 0 Å². The van der Waals surface area contributed by atoms with Gasteiger partial charge in [0.1, 0.15) is 5.56 Å². The Morgan fingerprint density at radius 1 is 1.55 bits per heavy atom. The normalized spacial score (nSPS) is 12.6. The molecule has 1 unspecified atom stereocenters. The summed E-state index contributed by atoms with van der Waals surface area (Å²) < 4.78 is 1.67. The number of carbonyl (C=O) groups is 1. The zero-order valence-corrected chi connectivity index (χ0v) is 12.3. The molecule has 0 aliphatic heterocycles. The molecule has 0 spiro atoms. The fraction of sp³-hybridized carbons (Fsp3) is 0.500. The van der Waals surface area contributed by atoms with Crippen LogP contribution in [0.5, 0.6) is 0 Å². The molecule has 0 aromatic carbocycles. The maximum Gasteiger partial charge on any atom is 0.339 e. The minimum absolute atomic E-state index is 0.192. The van der Waals surface area contributed by atoms with Gasteiger partial charge in [0.05, 0.1) is 16.8 Å². The van der Waals surface area contributed by atoms with Crippen molar-refractivity contribution in [2.24, 2.45) is 13.0 Å². The number of hydrogen-bond donors (Lipinski definition) is 2. The molecule has 1 atom stereocenters. The maximum atomic E-state index is 11.4. The summed E-state index contributed by atoms with van der Waals surface area (Å²) in [5.41, 5.74) is 2.29. The summed E-state index contributed by atoms with van der Waals surface area (Å²) in [4.78, 5) is 15.6. The molecule has 2 N–H and O–H groups in total. The van der Waals surface area contributed by atoms with Crippen LogP contribution in [-0.4, -0.2) is 32.4 Å². The Morgan fingerprint density at radius 2 is 2.25 bits per heavy atom. The van der Waals surface area contributed by atoms with Gasteiger partial charge in [-0.1, -0.05) is 20.3 Å². The topological polar surface area (TPSA) is 80.0 Å². The van der Waals surface area contributed by atoms with Crippen molar-refractivity contribution in [1.29, 1.82) is 0 Å². The second-order valence-corrected chi connectivity index (χ2v) is 5.15. The number of pyridine rings is 1. The molecule has 0 aliphatic carbocycles. The highest BCUT2D eigenvalue weighted by molar-refractivity contribution is 6.04. The SMILES string of the molecule is CCC(C)CNc1c(C(=O)O)cnc2c1c(C)nn2C. The van der Waals surface area contributed by atoms with Gasteiger partial charge in [0, 0.05) is 19.8 Å². The highest BCUT2D eigenvalue weighted by Gasteiger charge is 2.19. The van der Waals surface area contributed by atoms with Crippen LogP contribution in [0.4, 0.5) is 5.69 Å². The van der Waals surface area contributed by atoms with Gasteiger partial charge in [-0.05, 0) is 12.8 Å². The molecular weight excluding hydrogens is 256 g/mol. The molecule has 2 aromatic heterocycles. The number of fused-ring (bicyclic) bond motifs is 1. The molecular formula is C14H20N4O2. The van der Waals surface area contributed by atoms with Crippen LogP contribution in [0.25, 0.3) is 11.0 Å². The number of rotatable bonds is 5. The van der Waals surface area contributed by atoms with Crippen LogP contribution in [0.1, 0.15) is 36.3 Å². The first-order valence-electron chi connectivity index (χ1n) is 6.75. The van der Waals surface area contributed by atoms with Crippen molar-refractivity contribution in [2.75, 3.05) is 11.9 Å². The van der Waals surface area contributed by atoms with Gasteiger partial charge in [-0.15, -0.1) is 0 Å². The first-order valence-corrected chi connectivity index (χ1v) is 6.75. The number of anilines is 1. The Kier molecular flexibility index (Phi) is 3.92. The summed E-state index contributed by atoms with van der Waals surface area (Å²) in [6, 6.07) is 0. The second kappa shape index (κ2) is 5.48. The predicted molar refractivity (Wildman–Crippen MR) is 78.2 cm³/mol. The van der Waals surface area contributed by atoms with E-state index in [4.69, 9.17) is 0 Å². The van der Waals surface area contributed by atoms with Gasteiger partial charge in [0.25, 0.3) is 0 Å². The van der Waals surface area contributed by atoms with Crippen LogP contribution in [0.15, 0.2) is 6.20 Å². The van der Waals surface area contributed by atoms with Crippen molar-refractivity contribution in [2.45, 2.75) is 27.2 Å². The van der Waals surface area contributed by atoms with Gasteiger partial charge < -0.3 is 10.4 Å². The molecule has 6 nitrogen and oxygen atoms in total. The van der Waals surface area contributed by atoms with E-state index < -0.39 is 5.97 Å². The third-order valence-electron chi connectivity index (χ3n) is 3.58. The Labute approximate surface area is 117 Å². The molecule has 20 heavy (non-hydrogen) atoms. The number of carboxylic acids is 1. The van der Waals surface area contributed by atoms with E-state index in [2.05, 4.69) is 29.2 Å². The lowest BCUT2D eigenvalue weighted by Crippen LogP contribution is -2.14. The minimum Gasteiger partial charge on any atom is -0.478 e. The van der Waals surface area contributed by atoms with Gasteiger partial charge in [-0.2, -0.15) is 5.10 Å². The molecule has 0 saturated heterocycles. The average Bonchev–Trinajstić information content (AvgIpc) is 2.70. The molecule has 0 aliphatic rings. The standard InChI is InChI=1S/C14H20N4O2/c1-5-8(2)6-15-12-10(14(19)20)7-16-13-11(12)9(3)17-18(13)4/h7-8H,5-6H2,1-4H3,(H,15,16)(H,19,20). The van der Waals surface area contributed by atoms with E-state index >= 15 is 0 Å². The van der Waals surface area contributed by atoms with Crippen molar-refractivity contribution in [3.05, 3.63) is 17.5 Å². The summed E-state index contributed by atoms with van der Waals surface area (Å²) in [6.45, 7) is 6.83. The van der Waals surface area contributed by atoms with E-state index in [1.165, 1.54) is 6.20 Å². The van der Waals surface area contributed by atoms with Crippen molar-refractivity contribution >= 4 is 22.7 Å². The number of hydrogen-bond acceptors (Lipinski definition) is 4. The zero-order chi connectivity index (χ0) is 14.9. The summed E-state index contributed by atoms with van der Waals surface area (Å²) in [7, 11) is 1.81. The van der Waals surface area contributed by atoms with E-state index in [0.717, 1.165) is 24.0 Å². The number of nitrogens with zero attached hydrogens (tertiary/aromatic N) is 3. The molecule has 0 amide bonds. The van der Waals surface area contributed by atoms with E-state index in [9.17, 15) is 9.90 Å². The van der Waals surface area contributed by atoms with Crippen molar-refractivity contribution < 1.29 is 9.90 Å². The molecule has 2 aromatic rings. The molecule has 2 heterocycles. The Hall–Kier alpha value is -2.11. The third kappa shape index (κ3) is 2.45. The van der Waals surface area contributed by atoms with E-state index in [-0.39, 0.29) is 5.56 Å². The van der Waals surface area contributed by atoms with Gasteiger partial charge in [0.15, 0.2) is 5.65 Å². The zero-order valence-electron chi connectivity index (χ0n) is 12.3. The van der Waals surface area contributed by atoms with Crippen LogP contribution < -0.4 is 5.32 Å². The van der Waals surface area contributed by atoms with Gasteiger partial charge in [0.2, 0.25) is 0 Å². The van der Waals surface area contributed by atoms with Crippen LogP contribution in [0.3, 0.4) is 0 Å². The summed E-state index contributed by atoms with van der Waals surface area (Å²) in [5.74, 6) is -0.508. The van der Waals surface area contributed by atoms with Gasteiger partial charge >= 0.3 is 5.97 Å². The molecule has 0 fully saturated rings. The first kappa shape index (κ1) is 14.3. The molecule has 108 valence electrons. The summed E-state index contributed by atoms with van der Waals surface area (Å²) in [5, 5.41) is 17.7. The predicted octanol–water partition coefficient (Wildman–Crippen LogP) is 2.43. The molecule has 0 bridgehead atoms. The maximum absolute atomic E-state index is 11.4. The minimum atomic E-state index is -0.977. The lowest BCUT2D eigenvalue weighted by Gasteiger charge is -2.14. The molecule has 6 heteroatoms. The number of nitrogens with one attached hydrogen (secondary N) is 1. The van der Waals surface area contributed by atoms with Crippen molar-refractivity contribution in [3.8, 4) is 0 Å². The molecule has 0 radical (unpaired) electrons. The second-order valence-electron chi connectivity index (χ2n) is 5.15. The van der Waals surface area contributed by atoms with E-state index in [1.807, 2.05) is 6.92 Å². The van der Waals surface area contributed by atoms with Gasteiger partial charge in [-0.25, -0.2) is 9.78 Å². The molecule has 0 saturated carbocycles. The monoisotopic (exact) mass is 276 g/mol. The van der Waals surface area contributed by atoms with Crippen molar-refractivity contribution in [3.63, 3.8) is 0 Å². The average molecular weight is 276 g/mol. The fourth-order valence-electron chi connectivity index (χ4n) is 2.18. The first-order chi connectivity index (χ1) is 9.45. The summed E-state index contributed by atoms with van der Waals surface area (Å²) >= 11 is 0. The fourth-order valence-corrected chi connectivity index (χ4v) is 2.18. The Bertz CT molecular complexity index is 648. The highest BCUT2D eigenvalue weighted by atomic mass is 16.4. The number of aromatic nitrogens is 3. The number of aromatic carboxylic acids is 1. The van der Waals surface area contributed by atoms with Gasteiger partial charge in [-0.3, -0.25) is 4.68 Å². The highest BCUT2D eigenvalue weighted by Crippen LogP contribution is 2.28. The summed E-state index contributed by atoms with van der Waals surface area (Å²) in [6.07, 6.45) is 2.43. The third-order valence-corrected chi connectivity index (χ3v) is 3.58. The van der Waals surface area contributed by atoms with Crippen LogP contribution in [0, 0.1) is 12.8 Å². The quantitative estimate of drug-likeness (QED) is 0.876. The largest absolute Gasteiger partial charge is 0.478 e. The van der Waals surface area contributed by atoms with Crippen LogP contribution in [-0.2, 0) is 7.05 Å². The Balaban J connectivity index is 2.56. The molecule has 2 rings (SSSR count). The lowest BCUT2D eigenvalue weighted by molar-refractivity contribution is 0.0697. The van der Waals surface area contributed by atoms with Crippen molar-refractivity contribution in [1.82, 2.24) is 14.8 Å². The van der Waals surface area contributed by atoms with E-state index in [0.29, 0.717) is 17.3 Å². The van der Waals surface area contributed by atoms with Crippen LogP contribution in [0.2, 0.25) is 0 Å². The smallest absolute Gasteiger partial charge is 0.339 e. The number of aryl methyl sites for hydroxylation is 2. The lowest BCUT2D eigenvalue weighted by atomic mass is 10.1.